The minimum absolute atomic E-state index is 0.0814. The quantitative estimate of drug-likeness (QED) is 0.694. The number of halogens is 3. The number of benzene rings is 1. The summed E-state index contributed by atoms with van der Waals surface area (Å²) in [7, 11) is 0. The zero-order valence-corrected chi connectivity index (χ0v) is 20.5. The van der Waals surface area contributed by atoms with Crippen LogP contribution in [0.1, 0.15) is 64.5 Å². The summed E-state index contributed by atoms with van der Waals surface area (Å²) in [6, 6.07) is 5.41. The van der Waals surface area contributed by atoms with Crippen LogP contribution in [-0.2, 0) is 16.6 Å². The van der Waals surface area contributed by atoms with Gasteiger partial charge in [0.25, 0.3) is 0 Å². The minimum Gasteiger partial charge on any atom is -0.385 e. The lowest BCUT2D eigenvalue weighted by atomic mass is 9.83. The summed E-state index contributed by atoms with van der Waals surface area (Å²) in [6.07, 6.45) is -1.18. The summed E-state index contributed by atoms with van der Waals surface area (Å²) in [4.78, 5) is 18.8. The fraction of sp³-hybridized carbons (Fsp3) is 0.720. The van der Waals surface area contributed by atoms with Gasteiger partial charge in [0.05, 0.1) is 17.7 Å². The van der Waals surface area contributed by atoms with Crippen molar-refractivity contribution in [3.8, 4) is 0 Å². The number of aliphatic hydroxyl groups is 1. The zero-order valence-electron chi connectivity index (χ0n) is 20.5. The highest BCUT2D eigenvalue weighted by Gasteiger charge is 2.37. The van der Waals surface area contributed by atoms with Gasteiger partial charge in [-0.1, -0.05) is 38.8 Å². The molecule has 0 aliphatic carbocycles. The van der Waals surface area contributed by atoms with Gasteiger partial charge in [-0.3, -0.25) is 14.6 Å². The van der Waals surface area contributed by atoms with E-state index in [9.17, 15) is 23.1 Å². The Morgan fingerprint density at radius 2 is 1.61 bits per heavy atom. The summed E-state index contributed by atoms with van der Waals surface area (Å²) < 4.78 is 38.9. The molecular weight excluding hydrogens is 431 g/mol. The third kappa shape index (κ3) is 7.97. The van der Waals surface area contributed by atoms with Crippen molar-refractivity contribution in [3.05, 3.63) is 35.4 Å². The van der Waals surface area contributed by atoms with Gasteiger partial charge in [-0.2, -0.15) is 13.2 Å². The van der Waals surface area contributed by atoms with Crippen molar-refractivity contribution >= 4 is 5.91 Å². The summed E-state index contributed by atoms with van der Waals surface area (Å²) in [5.41, 5.74) is -1.74. The number of amides is 1. The van der Waals surface area contributed by atoms with Gasteiger partial charge in [0.1, 0.15) is 0 Å². The molecule has 0 bridgehead atoms. The molecule has 188 valence electrons. The second kappa shape index (κ2) is 12.2. The van der Waals surface area contributed by atoms with Gasteiger partial charge in [0, 0.05) is 45.3 Å². The average Bonchev–Trinajstić information content (AvgIpc) is 2.80. The van der Waals surface area contributed by atoms with Crippen molar-refractivity contribution in [2.24, 2.45) is 0 Å². The SMILES string of the molecule is CC(C)N1CCN(C(=O)CN2CCC(O)(c3cccc(C(F)(F)F)c3)CC2)CC1.CCCC. The van der Waals surface area contributed by atoms with Crippen molar-refractivity contribution in [1.82, 2.24) is 14.7 Å². The molecule has 2 aliphatic rings. The average molecular weight is 472 g/mol. The molecule has 1 amide bonds. The van der Waals surface area contributed by atoms with Gasteiger partial charge >= 0.3 is 6.18 Å². The lowest BCUT2D eigenvalue weighted by molar-refractivity contribution is -0.138. The van der Waals surface area contributed by atoms with Crippen LogP contribution in [-0.4, -0.2) is 77.6 Å². The first-order valence-electron chi connectivity index (χ1n) is 12.1. The smallest absolute Gasteiger partial charge is 0.385 e. The number of rotatable bonds is 5. The van der Waals surface area contributed by atoms with Crippen LogP contribution in [0.2, 0.25) is 0 Å². The number of carbonyl (C=O) groups excluding carboxylic acids is 1. The van der Waals surface area contributed by atoms with E-state index in [0.717, 1.165) is 38.3 Å². The first-order chi connectivity index (χ1) is 15.5. The van der Waals surface area contributed by atoms with E-state index in [4.69, 9.17) is 0 Å². The van der Waals surface area contributed by atoms with Gasteiger partial charge in [0.15, 0.2) is 0 Å². The molecule has 1 aromatic carbocycles. The molecule has 0 radical (unpaired) electrons. The molecular formula is C25H40F3N3O2. The number of nitrogens with zero attached hydrogens (tertiary/aromatic N) is 3. The van der Waals surface area contributed by atoms with Crippen molar-refractivity contribution in [3.63, 3.8) is 0 Å². The molecule has 0 atom stereocenters. The Morgan fingerprint density at radius 3 is 2.09 bits per heavy atom. The van der Waals surface area contributed by atoms with E-state index in [-0.39, 0.29) is 5.91 Å². The highest BCUT2D eigenvalue weighted by Crippen LogP contribution is 2.36. The second-order valence-electron chi connectivity index (χ2n) is 9.40. The Morgan fingerprint density at radius 1 is 1.03 bits per heavy atom. The number of piperidine rings is 1. The van der Waals surface area contributed by atoms with Crippen LogP contribution in [0.5, 0.6) is 0 Å². The minimum atomic E-state index is -4.43. The lowest BCUT2D eigenvalue weighted by Crippen LogP contribution is -2.53. The van der Waals surface area contributed by atoms with Gasteiger partial charge in [0.2, 0.25) is 5.91 Å². The molecule has 5 nitrogen and oxygen atoms in total. The number of likely N-dealkylation sites (tertiary alicyclic amines) is 1. The van der Waals surface area contributed by atoms with E-state index in [2.05, 4.69) is 32.6 Å². The molecule has 2 fully saturated rings. The Hall–Kier alpha value is -1.64. The highest BCUT2D eigenvalue weighted by molar-refractivity contribution is 5.78. The normalized spacial score (nSPS) is 19.8. The number of alkyl halides is 3. The van der Waals surface area contributed by atoms with Crippen LogP contribution in [0.3, 0.4) is 0 Å². The molecule has 2 saturated heterocycles. The number of unbranched alkanes of at least 4 members (excludes halogenated alkanes) is 1. The van der Waals surface area contributed by atoms with E-state index in [1.165, 1.54) is 18.9 Å². The van der Waals surface area contributed by atoms with E-state index in [0.29, 0.717) is 44.1 Å². The Kier molecular flexibility index (Phi) is 10.2. The van der Waals surface area contributed by atoms with Crippen molar-refractivity contribution < 1.29 is 23.1 Å². The molecule has 33 heavy (non-hydrogen) atoms. The maximum atomic E-state index is 13.0. The van der Waals surface area contributed by atoms with Gasteiger partial charge in [-0.15, -0.1) is 0 Å². The molecule has 1 N–H and O–H groups in total. The predicted octanol–water partition coefficient (Wildman–Crippen LogP) is 4.35. The summed E-state index contributed by atoms with van der Waals surface area (Å²) in [5, 5.41) is 10.9. The number of piperazine rings is 1. The molecule has 0 aromatic heterocycles. The van der Waals surface area contributed by atoms with Gasteiger partial charge in [-0.05, 0) is 44.4 Å². The molecule has 3 rings (SSSR count). The number of carbonyl (C=O) groups is 1. The Labute approximate surface area is 196 Å². The fourth-order valence-electron chi connectivity index (χ4n) is 4.13. The van der Waals surface area contributed by atoms with Crippen LogP contribution in [0.25, 0.3) is 0 Å². The van der Waals surface area contributed by atoms with Crippen molar-refractivity contribution in [2.75, 3.05) is 45.8 Å². The van der Waals surface area contributed by atoms with E-state index < -0.39 is 17.3 Å². The van der Waals surface area contributed by atoms with Crippen LogP contribution in [0.4, 0.5) is 13.2 Å². The lowest BCUT2D eigenvalue weighted by Gasteiger charge is -2.40. The largest absolute Gasteiger partial charge is 0.416 e. The standard InChI is InChI=1S/C21H30F3N3O2.C4H10/c1-16(2)26-10-12-27(13-11-26)19(28)15-25-8-6-20(29,7-9-25)17-4-3-5-18(14-17)21(22,23)24;1-3-4-2/h3-5,14,16,29H,6-13,15H2,1-2H3;3-4H2,1-2H3. The monoisotopic (exact) mass is 471 g/mol. The Balaban J connectivity index is 0.000000890. The predicted molar refractivity (Wildman–Crippen MR) is 125 cm³/mol. The third-order valence-electron chi connectivity index (χ3n) is 6.67. The molecule has 2 aliphatic heterocycles. The molecule has 0 saturated carbocycles. The molecule has 8 heteroatoms. The van der Waals surface area contributed by atoms with Gasteiger partial charge in [-0.25, -0.2) is 0 Å². The molecule has 2 heterocycles. The number of hydrogen-bond acceptors (Lipinski definition) is 4. The van der Waals surface area contributed by atoms with Crippen LogP contribution in [0.15, 0.2) is 24.3 Å². The molecule has 1 aromatic rings. The molecule has 0 unspecified atom stereocenters. The first-order valence-corrected chi connectivity index (χ1v) is 12.1. The van der Waals surface area contributed by atoms with Crippen molar-refractivity contribution in [2.45, 2.75) is 71.2 Å². The molecule has 0 spiro atoms. The van der Waals surface area contributed by atoms with Gasteiger partial charge < -0.3 is 10.0 Å². The summed E-state index contributed by atoms with van der Waals surface area (Å²) in [6.45, 7) is 13.1. The number of hydrogen-bond donors (Lipinski definition) is 1. The summed E-state index contributed by atoms with van der Waals surface area (Å²) in [5.74, 6) is 0.0814. The maximum Gasteiger partial charge on any atom is 0.416 e. The summed E-state index contributed by atoms with van der Waals surface area (Å²) >= 11 is 0. The van der Waals surface area contributed by atoms with E-state index in [1.807, 2.05) is 9.80 Å². The van der Waals surface area contributed by atoms with E-state index >= 15 is 0 Å². The second-order valence-corrected chi connectivity index (χ2v) is 9.40. The van der Waals surface area contributed by atoms with Crippen LogP contribution in [0, 0.1) is 0 Å². The maximum absolute atomic E-state index is 13.0. The Bertz CT molecular complexity index is 737. The topological polar surface area (TPSA) is 47.0 Å². The fourth-order valence-corrected chi connectivity index (χ4v) is 4.13. The van der Waals surface area contributed by atoms with Crippen molar-refractivity contribution in [1.29, 1.82) is 0 Å². The van der Waals surface area contributed by atoms with Crippen LogP contribution < -0.4 is 0 Å². The van der Waals surface area contributed by atoms with E-state index in [1.54, 1.807) is 6.07 Å². The first kappa shape index (κ1) is 27.6. The highest BCUT2D eigenvalue weighted by atomic mass is 19.4. The third-order valence-corrected chi connectivity index (χ3v) is 6.67. The van der Waals surface area contributed by atoms with Crippen LogP contribution >= 0.6 is 0 Å². The zero-order chi connectivity index (χ0) is 24.6.